The molecule has 2 aromatic heterocycles. The van der Waals surface area contributed by atoms with E-state index in [-0.39, 0.29) is 5.41 Å². The number of rotatable bonds is 6. The topological polar surface area (TPSA) is 85.3 Å². The zero-order valence-electron chi connectivity index (χ0n) is 18.4. The van der Waals surface area contributed by atoms with Gasteiger partial charge >= 0.3 is 0 Å². The number of nitrogens with zero attached hydrogens (tertiary/aromatic N) is 4. The Morgan fingerprint density at radius 1 is 1.06 bits per heavy atom. The van der Waals surface area contributed by atoms with Crippen molar-refractivity contribution in [2.24, 2.45) is 17.3 Å². The molecule has 0 amide bonds. The van der Waals surface area contributed by atoms with Gasteiger partial charge in [0.05, 0.1) is 23.4 Å². The molecule has 3 atom stereocenters. The molecule has 0 N–H and O–H groups in total. The van der Waals surface area contributed by atoms with E-state index in [1.165, 1.54) is 6.26 Å². The summed E-state index contributed by atoms with van der Waals surface area (Å²) in [6, 6.07) is 10.6. The van der Waals surface area contributed by atoms with Gasteiger partial charge in [0.25, 0.3) is 0 Å². The molecule has 1 aliphatic heterocycles. The summed E-state index contributed by atoms with van der Waals surface area (Å²) in [7, 11) is -3.20. The first kappa shape index (κ1) is 20.9. The lowest BCUT2D eigenvalue weighted by molar-refractivity contribution is 0.269. The minimum Gasteiger partial charge on any atom is -0.492 e. The third-order valence-corrected chi connectivity index (χ3v) is 7.94. The number of aromatic nitrogens is 3. The molecule has 1 saturated heterocycles. The van der Waals surface area contributed by atoms with Gasteiger partial charge in [0.2, 0.25) is 5.95 Å². The van der Waals surface area contributed by atoms with Gasteiger partial charge in [-0.1, -0.05) is 19.1 Å². The summed E-state index contributed by atoms with van der Waals surface area (Å²) < 4.78 is 29.3. The van der Waals surface area contributed by atoms with Crippen LogP contribution in [0, 0.1) is 24.2 Å². The predicted octanol–water partition coefficient (Wildman–Crippen LogP) is 3.40. The molecule has 8 heteroatoms. The monoisotopic (exact) mass is 450 g/mol. The van der Waals surface area contributed by atoms with Crippen LogP contribution in [-0.2, 0) is 9.84 Å². The lowest BCUT2D eigenvalue weighted by Crippen LogP contribution is -2.29. The summed E-state index contributed by atoms with van der Waals surface area (Å²) >= 11 is 0. The Morgan fingerprint density at radius 3 is 2.34 bits per heavy atom. The van der Waals surface area contributed by atoms with E-state index in [1.807, 2.05) is 31.5 Å². The Bertz CT molecular complexity index is 1230. The van der Waals surface area contributed by atoms with Gasteiger partial charge in [0, 0.05) is 43.2 Å². The van der Waals surface area contributed by atoms with Gasteiger partial charge < -0.3 is 9.64 Å². The van der Waals surface area contributed by atoms with Crippen LogP contribution in [0.1, 0.15) is 12.5 Å². The second kappa shape index (κ2) is 7.55. The molecule has 166 valence electrons. The average molecular weight is 451 g/mol. The van der Waals surface area contributed by atoms with Crippen molar-refractivity contribution in [3.05, 3.63) is 60.6 Å². The van der Waals surface area contributed by atoms with Crippen molar-refractivity contribution < 1.29 is 13.2 Å². The largest absolute Gasteiger partial charge is 0.492 e. The minimum atomic E-state index is -3.20. The second-order valence-electron chi connectivity index (χ2n) is 9.15. The highest BCUT2D eigenvalue weighted by atomic mass is 32.2. The van der Waals surface area contributed by atoms with Gasteiger partial charge in [-0.05, 0) is 48.1 Å². The Morgan fingerprint density at radius 2 is 1.78 bits per heavy atom. The fourth-order valence-corrected chi connectivity index (χ4v) is 5.38. The van der Waals surface area contributed by atoms with Crippen LogP contribution in [0.5, 0.6) is 5.75 Å². The van der Waals surface area contributed by atoms with Gasteiger partial charge in [-0.3, -0.25) is 4.98 Å². The van der Waals surface area contributed by atoms with Crippen molar-refractivity contribution in [3.8, 4) is 17.0 Å². The molecule has 2 aliphatic rings. The van der Waals surface area contributed by atoms with Crippen molar-refractivity contribution in [1.82, 2.24) is 15.0 Å². The van der Waals surface area contributed by atoms with Crippen LogP contribution in [0.4, 0.5) is 5.95 Å². The predicted molar refractivity (Wildman–Crippen MR) is 122 cm³/mol. The number of aryl methyl sites for hydroxylation is 1. The lowest BCUT2D eigenvalue weighted by Gasteiger charge is -2.22. The highest BCUT2D eigenvalue weighted by Crippen LogP contribution is 2.63. The maximum absolute atomic E-state index is 11.6. The first-order valence-corrected chi connectivity index (χ1v) is 12.6. The van der Waals surface area contributed by atoms with Gasteiger partial charge in [-0.2, -0.15) is 0 Å². The third-order valence-electron chi connectivity index (χ3n) is 6.81. The van der Waals surface area contributed by atoms with E-state index in [0.29, 0.717) is 23.3 Å². The summed E-state index contributed by atoms with van der Waals surface area (Å²) in [6.45, 7) is 6.91. The molecule has 2 fully saturated rings. The molecule has 1 saturated carbocycles. The third kappa shape index (κ3) is 3.83. The van der Waals surface area contributed by atoms with Crippen LogP contribution in [0.3, 0.4) is 0 Å². The SMILES string of the molecule is Cc1cnc(N2CC3[C@@H](COc4ccc(-c5ccc(S(C)(=O)=O)cc5)nc4)[C@]3(C)C2)nc1. The van der Waals surface area contributed by atoms with E-state index >= 15 is 0 Å². The Balaban J connectivity index is 1.17. The van der Waals surface area contributed by atoms with Gasteiger partial charge in [0.15, 0.2) is 9.84 Å². The van der Waals surface area contributed by atoms with E-state index in [1.54, 1.807) is 30.5 Å². The van der Waals surface area contributed by atoms with E-state index in [4.69, 9.17) is 4.74 Å². The molecule has 0 radical (unpaired) electrons. The quantitative estimate of drug-likeness (QED) is 0.569. The molecule has 3 aromatic rings. The van der Waals surface area contributed by atoms with Crippen LogP contribution in [-0.4, -0.2) is 49.3 Å². The molecular weight excluding hydrogens is 424 g/mol. The fourth-order valence-electron chi connectivity index (χ4n) is 4.75. The molecule has 7 nitrogen and oxygen atoms in total. The highest BCUT2D eigenvalue weighted by molar-refractivity contribution is 7.90. The van der Waals surface area contributed by atoms with Crippen LogP contribution < -0.4 is 9.64 Å². The number of hydrogen-bond donors (Lipinski definition) is 0. The Labute approximate surface area is 188 Å². The van der Waals surface area contributed by atoms with Crippen LogP contribution in [0.15, 0.2) is 59.9 Å². The minimum absolute atomic E-state index is 0.239. The van der Waals surface area contributed by atoms with Gasteiger partial charge in [0.1, 0.15) is 5.75 Å². The molecule has 3 heterocycles. The number of piperidine rings is 1. The molecule has 1 unspecified atom stereocenters. The smallest absolute Gasteiger partial charge is 0.225 e. The first-order chi connectivity index (χ1) is 15.2. The lowest BCUT2D eigenvalue weighted by atomic mass is 10.1. The van der Waals surface area contributed by atoms with E-state index in [2.05, 4.69) is 26.8 Å². The fraction of sp³-hybridized carbons (Fsp3) is 0.375. The van der Waals surface area contributed by atoms with Crippen LogP contribution in [0.2, 0.25) is 0 Å². The number of benzene rings is 1. The highest BCUT2D eigenvalue weighted by Gasteiger charge is 2.66. The number of sulfone groups is 1. The normalized spacial score (nSPS) is 24.3. The Hall–Kier alpha value is -3.00. The maximum atomic E-state index is 11.6. The van der Waals surface area contributed by atoms with Gasteiger partial charge in [-0.15, -0.1) is 0 Å². The number of anilines is 1. The zero-order chi connectivity index (χ0) is 22.5. The second-order valence-corrected chi connectivity index (χ2v) is 11.2. The summed E-state index contributed by atoms with van der Waals surface area (Å²) in [5.41, 5.74) is 2.96. The Kier molecular flexibility index (Phi) is 4.93. The van der Waals surface area contributed by atoms with E-state index in [0.717, 1.165) is 41.6 Å². The average Bonchev–Trinajstić information content (AvgIpc) is 3.14. The van der Waals surface area contributed by atoms with Crippen molar-refractivity contribution in [2.45, 2.75) is 18.7 Å². The van der Waals surface area contributed by atoms with Crippen LogP contribution in [0.25, 0.3) is 11.3 Å². The summed E-state index contributed by atoms with van der Waals surface area (Å²) in [5, 5.41) is 0. The van der Waals surface area contributed by atoms with E-state index in [9.17, 15) is 8.42 Å². The van der Waals surface area contributed by atoms with Crippen molar-refractivity contribution in [1.29, 1.82) is 0 Å². The summed E-state index contributed by atoms with van der Waals surface area (Å²) in [4.78, 5) is 16.0. The van der Waals surface area contributed by atoms with Crippen molar-refractivity contribution in [3.63, 3.8) is 0 Å². The summed E-state index contributed by atoms with van der Waals surface area (Å²) in [5.74, 6) is 2.67. The number of pyridine rings is 1. The number of hydrogen-bond acceptors (Lipinski definition) is 7. The summed E-state index contributed by atoms with van der Waals surface area (Å²) in [6.07, 6.45) is 6.67. The maximum Gasteiger partial charge on any atom is 0.225 e. The molecular formula is C24H26N4O3S. The van der Waals surface area contributed by atoms with Crippen LogP contribution >= 0.6 is 0 Å². The molecule has 5 rings (SSSR count). The molecule has 1 aromatic carbocycles. The molecule has 32 heavy (non-hydrogen) atoms. The number of fused-ring (bicyclic) bond motifs is 1. The molecule has 0 spiro atoms. The number of ether oxygens (including phenoxy) is 1. The molecule has 1 aliphatic carbocycles. The van der Waals surface area contributed by atoms with Crippen molar-refractivity contribution in [2.75, 3.05) is 30.9 Å². The van der Waals surface area contributed by atoms with E-state index < -0.39 is 9.84 Å². The molecule has 0 bridgehead atoms. The zero-order valence-corrected chi connectivity index (χ0v) is 19.2. The standard InChI is InChI=1S/C24H26N4O3S/c1-16-10-26-23(27-11-16)28-13-20-21(24(20,2)15-28)14-31-18-6-9-22(25-12-18)17-4-7-19(8-5-17)32(3,29)30/h4-12,20-21H,13-15H2,1-3H3/t20?,21-,24-/m1/s1. The van der Waals surface area contributed by atoms with Gasteiger partial charge in [-0.25, -0.2) is 18.4 Å². The first-order valence-electron chi connectivity index (χ1n) is 10.7. The van der Waals surface area contributed by atoms with Crippen molar-refractivity contribution >= 4 is 15.8 Å².